The molecule has 0 bridgehead atoms. The van der Waals surface area contributed by atoms with Crippen LogP contribution in [0.3, 0.4) is 0 Å². The SMILES string of the molecule is CC1CCCN(CC(=O)N2CCN(c3ccc(F)cc3)CC2)C1. The summed E-state index contributed by atoms with van der Waals surface area (Å²) in [6.45, 7) is 8.03. The van der Waals surface area contributed by atoms with Gasteiger partial charge in [-0.25, -0.2) is 4.39 Å². The number of likely N-dealkylation sites (tertiary alicyclic amines) is 1. The van der Waals surface area contributed by atoms with Crippen LogP contribution in [-0.4, -0.2) is 61.5 Å². The molecule has 0 spiro atoms. The molecule has 126 valence electrons. The standard InChI is InChI=1S/C18H26FN3O/c1-15-3-2-8-20(13-15)14-18(23)22-11-9-21(10-12-22)17-6-4-16(19)5-7-17/h4-7,15H,2-3,8-14H2,1H3. The zero-order valence-electron chi connectivity index (χ0n) is 13.9. The highest BCUT2D eigenvalue weighted by Crippen LogP contribution is 2.18. The number of rotatable bonds is 3. The van der Waals surface area contributed by atoms with E-state index in [-0.39, 0.29) is 11.7 Å². The van der Waals surface area contributed by atoms with Gasteiger partial charge >= 0.3 is 0 Å². The lowest BCUT2D eigenvalue weighted by Gasteiger charge is -2.38. The number of hydrogen-bond acceptors (Lipinski definition) is 3. The van der Waals surface area contributed by atoms with Crippen molar-refractivity contribution < 1.29 is 9.18 Å². The van der Waals surface area contributed by atoms with Crippen molar-refractivity contribution in [1.29, 1.82) is 0 Å². The van der Waals surface area contributed by atoms with Crippen LogP contribution in [0, 0.1) is 11.7 Å². The van der Waals surface area contributed by atoms with E-state index in [2.05, 4.69) is 16.7 Å². The molecule has 4 nitrogen and oxygen atoms in total. The van der Waals surface area contributed by atoms with E-state index in [0.29, 0.717) is 12.5 Å². The number of amides is 1. The van der Waals surface area contributed by atoms with Crippen LogP contribution in [0.4, 0.5) is 10.1 Å². The number of carbonyl (C=O) groups is 1. The van der Waals surface area contributed by atoms with Crippen LogP contribution in [0.2, 0.25) is 0 Å². The van der Waals surface area contributed by atoms with Gasteiger partial charge in [0.2, 0.25) is 5.91 Å². The minimum atomic E-state index is -0.210. The van der Waals surface area contributed by atoms with E-state index in [1.165, 1.54) is 25.0 Å². The molecule has 2 fully saturated rings. The predicted molar refractivity (Wildman–Crippen MR) is 90.0 cm³/mol. The van der Waals surface area contributed by atoms with E-state index < -0.39 is 0 Å². The number of nitrogens with zero attached hydrogens (tertiary/aromatic N) is 3. The maximum Gasteiger partial charge on any atom is 0.236 e. The predicted octanol–water partition coefficient (Wildman–Crippen LogP) is 2.21. The van der Waals surface area contributed by atoms with Crippen LogP contribution in [0.5, 0.6) is 0 Å². The van der Waals surface area contributed by atoms with Crippen LogP contribution in [0.1, 0.15) is 19.8 Å². The number of hydrogen-bond donors (Lipinski definition) is 0. The highest BCUT2D eigenvalue weighted by molar-refractivity contribution is 5.78. The Balaban J connectivity index is 1.48. The lowest BCUT2D eigenvalue weighted by molar-refractivity contribution is -0.133. The molecule has 2 saturated heterocycles. The number of piperazine rings is 1. The van der Waals surface area contributed by atoms with Gasteiger partial charge in [0.25, 0.3) is 0 Å². The van der Waals surface area contributed by atoms with Gasteiger partial charge in [-0.3, -0.25) is 9.69 Å². The molecular formula is C18H26FN3O. The molecule has 0 N–H and O–H groups in total. The van der Waals surface area contributed by atoms with E-state index in [0.717, 1.165) is 45.0 Å². The Bertz CT molecular complexity index is 526. The third kappa shape index (κ3) is 4.22. The molecule has 23 heavy (non-hydrogen) atoms. The third-order valence-electron chi connectivity index (χ3n) is 4.92. The van der Waals surface area contributed by atoms with Crippen molar-refractivity contribution >= 4 is 11.6 Å². The van der Waals surface area contributed by atoms with Gasteiger partial charge in [-0.1, -0.05) is 6.92 Å². The number of anilines is 1. The molecule has 1 unspecified atom stereocenters. The summed E-state index contributed by atoms with van der Waals surface area (Å²) in [5.74, 6) is 0.739. The van der Waals surface area contributed by atoms with Gasteiger partial charge in [0.05, 0.1) is 6.54 Å². The summed E-state index contributed by atoms with van der Waals surface area (Å²) < 4.78 is 13.0. The van der Waals surface area contributed by atoms with Crippen molar-refractivity contribution in [2.24, 2.45) is 5.92 Å². The van der Waals surface area contributed by atoms with Crippen LogP contribution in [0.25, 0.3) is 0 Å². The Morgan fingerprint density at radius 3 is 2.48 bits per heavy atom. The summed E-state index contributed by atoms with van der Waals surface area (Å²) >= 11 is 0. The van der Waals surface area contributed by atoms with Gasteiger partial charge in [-0.05, 0) is 49.6 Å². The molecular weight excluding hydrogens is 293 g/mol. The normalized spacial score (nSPS) is 23.1. The number of carbonyl (C=O) groups excluding carboxylic acids is 1. The Labute approximate surface area is 137 Å². The Morgan fingerprint density at radius 2 is 1.83 bits per heavy atom. The van der Waals surface area contributed by atoms with E-state index in [1.54, 1.807) is 0 Å². The van der Waals surface area contributed by atoms with Crippen molar-refractivity contribution in [3.05, 3.63) is 30.1 Å². The first-order chi connectivity index (χ1) is 11.1. The first-order valence-corrected chi connectivity index (χ1v) is 8.62. The average molecular weight is 319 g/mol. The fourth-order valence-electron chi connectivity index (χ4n) is 3.59. The molecule has 2 aliphatic rings. The Morgan fingerprint density at radius 1 is 1.13 bits per heavy atom. The summed E-state index contributed by atoms with van der Waals surface area (Å²) in [4.78, 5) is 19.0. The molecule has 0 aromatic heterocycles. The molecule has 2 aliphatic heterocycles. The van der Waals surface area contributed by atoms with Crippen LogP contribution in [0.15, 0.2) is 24.3 Å². The first-order valence-electron chi connectivity index (χ1n) is 8.62. The molecule has 1 aromatic rings. The van der Waals surface area contributed by atoms with Gasteiger partial charge in [-0.15, -0.1) is 0 Å². The molecule has 2 heterocycles. The minimum absolute atomic E-state index is 0.210. The number of halogens is 1. The smallest absolute Gasteiger partial charge is 0.236 e. The Hall–Kier alpha value is -1.62. The summed E-state index contributed by atoms with van der Waals surface area (Å²) in [5, 5.41) is 0. The maximum absolute atomic E-state index is 13.0. The van der Waals surface area contributed by atoms with Gasteiger partial charge in [0, 0.05) is 38.4 Å². The molecule has 1 aromatic carbocycles. The van der Waals surface area contributed by atoms with E-state index >= 15 is 0 Å². The summed E-state index contributed by atoms with van der Waals surface area (Å²) in [6, 6.07) is 6.60. The van der Waals surface area contributed by atoms with Crippen LogP contribution >= 0.6 is 0 Å². The fraction of sp³-hybridized carbons (Fsp3) is 0.611. The maximum atomic E-state index is 13.0. The van der Waals surface area contributed by atoms with Crippen molar-refractivity contribution in [2.45, 2.75) is 19.8 Å². The molecule has 5 heteroatoms. The summed E-state index contributed by atoms with van der Waals surface area (Å²) in [6.07, 6.45) is 2.48. The number of benzene rings is 1. The van der Waals surface area contributed by atoms with Crippen molar-refractivity contribution in [3.8, 4) is 0 Å². The second kappa shape index (κ2) is 7.30. The van der Waals surface area contributed by atoms with Crippen molar-refractivity contribution in [2.75, 3.05) is 50.7 Å². The van der Waals surface area contributed by atoms with Gasteiger partial charge in [-0.2, -0.15) is 0 Å². The zero-order chi connectivity index (χ0) is 16.2. The summed E-state index contributed by atoms with van der Waals surface area (Å²) in [7, 11) is 0. The highest BCUT2D eigenvalue weighted by atomic mass is 19.1. The van der Waals surface area contributed by atoms with Gasteiger partial charge in [0.15, 0.2) is 0 Å². The third-order valence-corrected chi connectivity index (χ3v) is 4.92. The largest absolute Gasteiger partial charge is 0.368 e. The second-order valence-corrected chi connectivity index (χ2v) is 6.83. The lowest BCUT2D eigenvalue weighted by atomic mass is 10.0. The van der Waals surface area contributed by atoms with Gasteiger partial charge < -0.3 is 9.80 Å². The van der Waals surface area contributed by atoms with Crippen molar-refractivity contribution in [3.63, 3.8) is 0 Å². The molecule has 1 atom stereocenters. The zero-order valence-corrected chi connectivity index (χ0v) is 13.9. The van der Waals surface area contributed by atoms with E-state index in [4.69, 9.17) is 0 Å². The van der Waals surface area contributed by atoms with E-state index in [1.807, 2.05) is 17.0 Å². The quantitative estimate of drug-likeness (QED) is 0.855. The summed E-state index contributed by atoms with van der Waals surface area (Å²) in [5.41, 5.74) is 1.03. The second-order valence-electron chi connectivity index (χ2n) is 6.83. The van der Waals surface area contributed by atoms with Crippen molar-refractivity contribution in [1.82, 2.24) is 9.80 Å². The highest BCUT2D eigenvalue weighted by Gasteiger charge is 2.24. The average Bonchev–Trinajstić information content (AvgIpc) is 2.56. The fourth-order valence-corrected chi connectivity index (χ4v) is 3.59. The molecule has 0 aliphatic carbocycles. The minimum Gasteiger partial charge on any atom is -0.368 e. The number of piperidine rings is 1. The van der Waals surface area contributed by atoms with E-state index in [9.17, 15) is 9.18 Å². The monoisotopic (exact) mass is 319 g/mol. The lowest BCUT2D eigenvalue weighted by Crippen LogP contribution is -2.52. The molecule has 0 saturated carbocycles. The van der Waals surface area contributed by atoms with Crippen LogP contribution < -0.4 is 4.90 Å². The Kier molecular flexibility index (Phi) is 5.16. The molecule has 3 rings (SSSR count). The molecule has 0 radical (unpaired) electrons. The molecule has 1 amide bonds. The van der Waals surface area contributed by atoms with Gasteiger partial charge in [0.1, 0.15) is 5.82 Å². The van der Waals surface area contributed by atoms with Crippen LogP contribution in [-0.2, 0) is 4.79 Å². The first kappa shape index (κ1) is 16.2. The topological polar surface area (TPSA) is 26.8 Å².